The van der Waals surface area contributed by atoms with Gasteiger partial charge in [-0.1, -0.05) is 11.2 Å². The summed E-state index contributed by atoms with van der Waals surface area (Å²) in [6.45, 7) is 2.30. The van der Waals surface area contributed by atoms with E-state index >= 15 is 0 Å². The number of nitrogens with zero attached hydrogens (tertiary/aromatic N) is 3. The fourth-order valence-electron chi connectivity index (χ4n) is 2.82. The molecule has 0 radical (unpaired) electrons. The zero-order valence-corrected chi connectivity index (χ0v) is 14.9. The van der Waals surface area contributed by atoms with Gasteiger partial charge in [-0.05, 0) is 25.8 Å². The van der Waals surface area contributed by atoms with E-state index in [1.54, 1.807) is 0 Å². The van der Waals surface area contributed by atoms with E-state index in [1.165, 1.54) is 11.0 Å². The molecule has 26 heavy (non-hydrogen) atoms. The fourth-order valence-corrected chi connectivity index (χ4v) is 3.91. The number of aromatic nitrogens is 1. The Balaban J connectivity index is 2.21. The summed E-state index contributed by atoms with van der Waals surface area (Å²) < 4.78 is 51.1. The van der Waals surface area contributed by atoms with Crippen molar-refractivity contribution < 1.29 is 27.6 Å². The minimum atomic E-state index is -4.94. The molecule has 1 aliphatic rings. The molecule has 1 unspecified atom stereocenters. The Kier molecular flexibility index (Phi) is 6.36. The van der Waals surface area contributed by atoms with Crippen LogP contribution >= 0.6 is 0 Å². The quantitative estimate of drug-likeness (QED) is 0.797. The van der Waals surface area contributed by atoms with Crippen LogP contribution < -0.4 is 0 Å². The molecule has 1 aromatic rings. The van der Waals surface area contributed by atoms with Crippen molar-refractivity contribution in [2.24, 2.45) is 5.92 Å². The van der Waals surface area contributed by atoms with Crippen LogP contribution in [0.3, 0.4) is 0 Å². The second kappa shape index (κ2) is 8.14. The highest BCUT2D eigenvalue weighted by Crippen LogP contribution is 2.34. The van der Waals surface area contributed by atoms with E-state index in [0.717, 1.165) is 6.07 Å². The lowest BCUT2D eigenvalue weighted by Gasteiger charge is -2.32. The summed E-state index contributed by atoms with van der Waals surface area (Å²) in [5.41, 5.74) is -2.75. The molecule has 1 fully saturated rings. The Morgan fingerprint density at radius 1 is 1.50 bits per heavy atom. The van der Waals surface area contributed by atoms with Gasteiger partial charge in [0.2, 0.25) is 5.88 Å². The first-order chi connectivity index (χ1) is 12.2. The van der Waals surface area contributed by atoms with Gasteiger partial charge >= 0.3 is 6.18 Å². The van der Waals surface area contributed by atoms with Crippen molar-refractivity contribution in [3.8, 4) is 11.9 Å². The number of piperidine rings is 1. The van der Waals surface area contributed by atoms with Gasteiger partial charge in [-0.15, -0.1) is 0 Å². The molecule has 0 aliphatic carbocycles. The number of alkyl halides is 3. The van der Waals surface area contributed by atoms with Crippen LogP contribution in [0.5, 0.6) is 5.88 Å². The summed E-state index contributed by atoms with van der Waals surface area (Å²) >= 11 is -0.931. The molecule has 1 N–H and O–H groups in total. The maximum absolute atomic E-state index is 13.2. The first-order valence-electron chi connectivity index (χ1n) is 8.02. The normalized spacial score (nSPS) is 17.0. The standard InChI is InChI=1S/C16H18F3N3O3S/c1-2-26(25)9-10-3-5-22(6-4-10)15(24)12-7-11(8-20)14(23)21-13(12)16(17,18)19/h7,10H,2-6,9H2,1H3,(H,21,23). The number of amides is 1. The second-order valence-corrected chi connectivity index (χ2v) is 7.79. The Labute approximate surface area is 151 Å². The van der Waals surface area contributed by atoms with Gasteiger partial charge in [0, 0.05) is 19.0 Å². The number of rotatable bonds is 4. The van der Waals surface area contributed by atoms with E-state index < -0.39 is 46.0 Å². The van der Waals surface area contributed by atoms with Gasteiger partial charge in [0.1, 0.15) is 23.1 Å². The van der Waals surface area contributed by atoms with Gasteiger partial charge in [0.15, 0.2) is 5.69 Å². The predicted molar refractivity (Wildman–Crippen MR) is 87.8 cm³/mol. The third kappa shape index (κ3) is 4.59. The van der Waals surface area contributed by atoms with E-state index in [4.69, 9.17) is 5.26 Å². The maximum Gasteiger partial charge on any atom is 0.434 e. The molecule has 1 aliphatic heterocycles. The van der Waals surface area contributed by atoms with E-state index in [0.29, 0.717) is 24.3 Å². The first kappa shape index (κ1) is 20.3. The van der Waals surface area contributed by atoms with Gasteiger partial charge in [0.05, 0.1) is 5.56 Å². The summed E-state index contributed by atoms with van der Waals surface area (Å²) in [6.07, 6.45) is -3.84. The van der Waals surface area contributed by atoms with Gasteiger partial charge in [0.25, 0.3) is 5.91 Å². The van der Waals surface area contributed by atoms with Crippen LogP contribution in [0.2, 0.25) is 0 Å². The monoisotopic (exact) mass is 389 g/mol. The molecule has 1 atom stereocenters. The number of pyridine rings is 1. The maximum atomic E-state index is 13.2. The van der Waals surface area contributed by atoms with Crippen LogP contribution in [0.4, 0.5) is 13.2 Å². The van der Waals surface area contributed by atoms with E-state index in [9.17, 15) is 27.6 Å². The second-order valence-electron chi connectivity index (χ2n) is 6.00. The average molecular weight is 389 g/mol. The van der Waals surface area contributed by atoms with Gasteiger partial charge in [-0.3, -0.25) is 4.79 Å². The number of halogens is 3. The number of hydrogen-bond acceptors (Lipinski definition) is 5. The molecule has 1 saturated heterocycles. The molecular formula is C16H18F3N3O3S. The third-order valence-electron chi connectivity index (χ3n) is 4.27. The smallest absolute Gasteiger partial charge is 0.434 e. The number of likely N-dealkylation sites (tertiary alicyclic amines) is 1. The van der Waals surface area contributed by atoms with Crippen molar-refractivity contribution in [2.45, 2.75) is 25.9 Å². The van der Waals surface area contributed by atoms with Crippen LogP contribution in [0, 0.1) is 17.2 Å². The number of aromatic hydroxyl groups is 1. The summed E-state index contributed by atoms with van der Waals surface area (Å²) in [4.78, 5) is 16.9. The highest BCUT2D eigenvalue weighted by molar-refractivity contribution is 7.91. The Bertz CT molecular complexity index is 713. The van der Waals surface area contributed by atoms with Crippen LogP contribution in [0.25, 0.3) is 0 Å². The summed E-state index contributed by atoms with van der Waals surface area (Å²) in [5.74, 6) is -0.710. The molecule has 2 heterocycles. The number of hydrogen-bond donors (Lipinski definition) is 1. The van der Waals surface area contributed by atoms with Crippen molar-refractivity contribution in [2.75, 3.05) is 24.6 Å². The largest absolute Gasteiger partial charge is 0.616 e. The lowest BCUT2D eigenvalue weighted by molar-refractivity contribution is -0.141. The van der Waals surface area contributed by atoms with Crippen molar-refractivity contribution >= 4 is 17.1 Å². The SMILES string of the molecule is CC[S+]([O-])CC1CCN(C(=O)c2cc(C#N)c(O)nc2C(F)(F)F)CC1. The average Bonchev–Trinajstić information content (AvgIpc) is 2.60. The van der Waals surface area contributed by atoms with Crippen molar-refractivity contribution in [1.29, 1.82) is 5.26 Å². The molecule has 6 nitrogen and oxygen atoms in total. The van der Waals surface area contributed by atoms with Crippen molar-refractivity contribution in [3.05, 3.63) is 22.9 Å². The molecule has 0 saturated carbocycles. The molecular weight excluding hydrogens is 371 g/mol. The highest BCUT2D eigenvalue weighted by atomic mass is 32.2. The highest BCUT2D eigenvalue weighted by Gasteiger charge is 2.40. The minimum Gasteiger partial charge on any atom is -0.616 e. The number of carbonyl (C=O) groups excluding carboxylic acids is 1. The predicted octanol–water partition coefficient (Wildman–Crippen LogP) is 2.30. The molecule has 0 aromatic carbocycles. The summed E-state index contributed by atoms with van der Waals surface area (Å²) in [7, 11) is 0. The van der Waals surface area contributed by atoms with Crippen LogP contribution in [0.15, 0.2) is 6.07 Å². The first-order valence-corrected chi connectivity index (χ1v) is 9.51. The van der Waals surface area contributed by atoms with Gasteiger partial charge in [-0.2, -0.15) is 18.4 Å². The lowest BCUT2D eigenvalue weighted by atomic mass is 9.98. The van der Waals surface area contributed by atoms with Crippen LogP contribution in [0.1, 0.15) is 41.4 Å². The van der Waals surface area contributed by atoms with Crippen molar-refractivity contribution in [1.82, 2.24) is 9.88 Å². The Hall–Kier alpha value is -1.99. The minimum absolute atomic E-state index is 0.162. The molecule has 1 aromatic heterocycles. The molecule has 0 bridgehead atoms. The topological polar surface area (TPSA) is 100 Å². The molecule has 0 spiro atoms. The Morgan fingerprint density at radius 2 is 2.12 bits per heavy atom. The zero-order valence-electron chi connectivity index (χ0n) is 14.0. The third-order valence-corrected chi connectivity index (χ3v) is 5.75. The summed E-state index contributed by atoms with van der Waals surface area (Å²) in [5, 5.41) is 18.3. The van der Waals surface area contributed by atoms with Crippen LogP contribution in [-0.2, 0) is 17.4 Å². The Morgan fingerprint density at radius 3 is 2.62 bits per heavy atom. The van der Waals surface area contributed by atoms with Crippen molar-refractivity contribution in [3.63, 3.8) is 0 Å². The summed E-state index contributed by atoms with van der Waals surface area (Å²) in [6, 6.07) is 2.25. The van der Waals surface area contributed by atoms with E-state index in [2.05, 4.69) is 4.98 Å². The fraction of sp³-hybridized carbons (Fsp3) is 0.562. The van der Waals surface area contributed by atoms with Gasteiger partial charge in [-0.25, -0.2) is 4.98 Å². The van der Waals surface area contributed by atoms with Crippen LogP contribution in [-0.4, -0.2) is 50.0 Å². The lowest BCUT2D eigenvalue weighted by Crippen LogP contribution is -2.41. The molecule has 142 valence electrons. The van der Waals surface area contributed by atoms with E-state index in [-0.39, 0.29) is 19.0 Å². The molecule has 2 rings (SSSR count). The molecule has 1 amide bonds. The molecule has 10 heteroatoms. The zero-order chi connectivity index (χ0) is 19.5. The van der Waals surface area contributed by atoms with Gasteiger partial charge < -0.3 is 14.6 Å². The van der Waals surface area contributed by atoms with E-state index in [1.807, 2.05) is 6.92 Å². The number of carbonyl (C=O) groups is 1. The number of nitriles is 1.